The Kier molecular flexibility index (Phi) is 10.6. The fourth-order valence-electron chi connectivity index (χ4n) is 3.45. The van der Waals surface area contributed by atoms with Gasteiger partial charge in [-0.05, 0) is 79.4 Å². The fraction of sp³-hybridized carbons (Fsp3) is 0.385. The van der Waals surface area contributed by atoms with Gasteiger partial charge in [-0.1, -0.05) is 19.9 Å². The van der Waals surface area contributed by atoms with Crippen molar-refractivity contribution in [3.8, 4) is 11.5 Å². The van der Waals surface area contributed by atoms with Gasteiger partial charge in [0.15, 0.2) is 0 Å². The highest BCUT2D eigenvalue weighted by Crippen LogP contribution is 2.31. The molecule has 0 aromatic heterocycles. The molecule has 2 rings (SSSR count). The number of nitrogens with two attached hydrogens (primary N) is 2. The van der Waals surface area contributed by atoms with Gasteiger partial charge < -0.3 is 20.2 Å². The summed E-state index contributed by atoms with van der Waals surface area (Å²) in [6.07, 6.45) is 5.86. The Hall–Kier alpha value is -3.56. The Morgan fingerprint density at radius 2 is 1.94 bits per heavy atom. The number of ether oxygens (including phenoxy) is 2. The van der Waals surface area contributed by atoms with Crippen LogP contribution in [0.3, 0.4) is 0 Å². The van der Waals surface area contributed by atoms with E-state index in [0.717, 1.165) is 34.1 Å². The van der Waals surface area contributed by atoms with Gasteiger partial charge in [-0.25, -0.2) is 21.5 Å². The molecule has 0 atom stereocenters. The van der Waals surface area contributed by atoms with E-state index < -0.39 is 6.03 Å². The van der Waals surface area contributed by atoms with Gasteiger partial charge in [0, 0.05) is 13.6 Å². The Morgan fingerprint density at radius 1 is 1.20 bits per heavy atom. The minimum absolute atomic E-state index is 0.118. The van der Waals surface area contributed by atoms with Crippen LogP contribution in [0.5, 0.6) is 11.5 Å². The van der Waals surface area contributed by atoms with E-state index >= 15 is 0 Å². The SMILES string of the molecule is COc1cccc(N(N)C(=O)N(C)N)c1COc1ccc(C(=N)/C=C\NCCCC(C)C)cc1C. The van der Waals surface area contributed by atoms with Crippen LogP contribution >= 0.6 is 0 Å². The lowest BCUT2D eigenvalue weighted by molar-refractivity contribution is 0.216. The summed E-state index contributed by atoms with van der Waals surface area (Å²) in [4.78, 5) is 12.3. The van der Waals surface area contributed by atoms with Crippen molar-refractivity contribution in [1.29, 1.82) is 5.41 Å². The third kappa shape index (κ3) is 8.01. The number of allylic oxidation sites excluding steroid dienone is 1. The Balaban J connectivity index is 2.09. The number of amides is 2. The van der Waals surface area contributed by atoms with Crippen molar-refractivity contribution >= 4 is 17.4 Å². The second-order valence-corrected chi connectivity index (χ2v) is 8.73. The second kappa shape index (κ2) is 13.4. The number of nitrogens with one attached hydrogen (secondary N) is 2. The lowest BCUT2D eigenvalue weighted by Gasteiger charge is -2.24. The van der Waals surface area contributed by atoms with Crippen molar-refractivity contribution in [3.63, 3.8) is 0 Å². The zero-order valence-electron chi connectivity index (χ0n) is 21.3. The van der Waals surface area contributed by atoms with E-state index in [2.05, 4.69) is 19.2 Å². The minimum Gasteiger partial charge on any atom is -0.496 e. The van der Waals surface area contributed by atoms with Gasteiger partial charge in [0.25, 0.3) is 0 Å². The average Bonchev–Trinajstić information content (AvgIpc) is 2.83. The van der Waals surface area contributed by atoms with Crippen molar-refractivity contribution in [2.24, 2.45) is 17.6 Å². The minimum atomic E-state index is -0.582. The third-order valence-electron chi connectivity index (χ3n) is 5.42. The van der Waals surface area contributed by atoms with Crippen LogP contribution < -0.4 is 31.5 Å². The van der Waals surface area contributed by atoms with Gasteiger partial charge >= 0.3 is 6.03 Å². The highest BCUT2D eigenvalue weighted by atomic mass is 16.5. The number of urea groups is 1. The summed E-state index contributed by atoms with van der Waals surface area (Å²) in [5.74, 6) is 13.4. The van der Waals surface area contributed by atoms with Crippen LogP contribution in [-0.2, 0) is 6.61 Å². The molecule has 0 aliphatic carbocycles. The first-order valence-corrected chi connectivity index (χ1v) is 11.6. The number of carbonyl (C=O) groups excluding carboxylic acids is 1. The van der Waals surface area contributed by atoms with Gasteiger partial charge in [0.2, 0.25) is 0 Å². The van der Waals surface area contributed by atoms with Crippen LogP contribution in [0.2, 0.25) is 0 Å². The topological polar surface area (TPSA) is 130 Å². The number of methoxy groups -OCH3 is 1. The smallest absolute Gasteiger partial charge is 0.352 e. The first-order chi connectivity index (χ1) is 16.6. The standard InChI is InChI=1S/C26H38N6O3/c1-18(2)8-7-14-30-15-13-22(27)20-11-12-24(19(3)16-20)35-17-21-23(9-6-10-25(21)34-5)32(29)26(33)31(4)28/h6,9-13,15-16,18,27,30H,7-8,14,17,28-29H2,1-5H3/b15-13-,27-22?. The number of nitrogens with zero attached hydrogens (tertiary/aromatic N) is 2. The average molecular weight is 483 g/mol. The molecule has 0 unspecified atom stereocenters. The Labute approximate surface area is 208 Å². The lowest BCUT2D eigenvalue weighted by atomic mass is 10.1. The van der Waals surface area contributed by atoms with E-state index in [-0.39, 0.29) is 6.61 Å². The number of aryl methyl sites for hydroxylation is 1. The molecular weight excluding hydrogens is 444 g/mol. The molecule has 2 amide bonds. The van der Waals surface area contributed by atoms with E-state index in [4.69, 9.17) is 26.6 Å². The van der Waals surface area contributed by atoms with Crippen LogP contribution in [0, 0.1) is 18.3 Å². The molecule has 0 radical (unpaired) electrons. The normalized spacial score (nSPS) is 11.0. The number of carbonyl (C=O) groups is 1. The first kappa shape index (κ1) is 27.7. The molecule has 190 valence electrons. The zero-order valence-corrected chi connectivity index (χ0v) is 21.3. The zero-order chi connectivity index (χ0) is 26.0. The summed E-state index contributed by atoms with van der Waals surface area (Å²) in [6, 6.07) is 10.2. The van der Waals surface area contributed by atoms with Crippen LogP contribution in [0.25, 0.3) is 0 Å². The molecule has 0 heterocycles. The van der Waals surface area contributed by atoms with Crippen LogP contribution in [0.4, 0.5) is 10.5 Å². The molecule has 0 fully saturated rings. The largest absolute Gasteiger partial charge is 0.496 e. The number of hydrogen-bond donors (Lipinski definition) is 4. The van der Waals surface area contributed by atoms with Crippen LogP contribution in [-0.4, -0.2) is 37.5 Å². The van der Waals surface area contributed by atoms with E-state index in [1.165, 1.54) is 13.5 Å². The van der Waals surface area contributed by atoms with Crippen molar-refractivity contribution in [1.82, 2.24) is 10.3 Å². The monoisotopic (exact) mass is 482 g/mol. The van der Waals surface area contributed by atoms with Crippen molar-refractivity contribution in [2.75, 3.05) is 25.7 Å². The Bertz CT molecular complexity index is 1040. The molecule has 0 aliphatic rings. The number of hydrogen-bond acceptors (Lipinski definition) is 7. The maximum atomic E-state index is 12.3. The maximum absolute atomic E-state index is 12.3. The molecule has 0 saturated carbocycles. The molecule has 35 heavy (non-hydrogen) atoms. The van der Waals surface area contributed by atoms with Gasteiger partial charge in [-0.2, -0.15) is 0 Å². The predicted molar refractivity (Wildman–Crippen MR) is 141 cm³/mol. The maximum Gasteiger partial charge on any atom is 0.352 e. The van der Waals surface area contributed by atoms with E-state index in [9.17, 15) is 4.79 Å². The summed E-state index contributed by atoms with van der Waals surface area (Å²) in [5.41, 5.74) is 3.11. The van der Waals surface area contributed by atoms with Crippen molar-refractivity contribution < 1.29 is 14.3 Å². The molecule has 9 heteroatoms. The molecule has 0 saturated heterocycles. The van der Waals surface area contributed by atoms with E-state index in [0.29, 0.717) is 34.4 Å². The Morgan fingerprint density at radius 3 is 2.57 bits per heavy atom. The number of benzene rings is 2. The summed E-state index contributed by atoms with van der Waals surface area (Å²) in [7, 11) is 2.96. The van der Waals surface area contributed by atoms with Gasteiger partial charge in [0.05, 0.1) is 24.1 Å². The van der Waals surface area contributed by atoms with E-state index in [1.807, 2.05) is 31.3 Å². The quantitative estimate of drug-likeness (QED) is 0.118. The molecule has 2 aromatic rings. The molecule has 0 bridgehead atoms. The highest BCUT2D eigenvalue weighted by Gasteiger charge is 2.20. The molecular formula is C26H38N6O3. The highest BCUT2D eigenvalue weighted by molar-refractivity contribution is 6.06. The van der Waals surface area contributed by atoms with Gasteiger partial charge in [-0.15, -0.1) is 0 Å². The summed E-state index contributed by atoms with van der Waals surface area (Å²) < 4.78 is 11.5. The van der Waals surface area contributed by atoms with Crippen molar-refractivity contribution in [2.45, 2.75) is 40.2 Å². The van der Waals surface area contributed by atoms with Crippen LogP contribution in [0.1, 0.15) is 43.4 Å². The number of rotatable bonds is 12. The van der Waals surface area contributed by atoms with Gasteiger partial charge in [-0.3, -0.25) is 5.01 Å². The molecule has 2 aromatic carbocycles. The van der Waals surface area contributed by atoms with Crippen molar-refractivity contribution in [3.05, 3.63) is 65.4 Å². The summed E-state index contributed by atoms with van der Waals surface area (Å²) >= 11 is 0. The second-order valence-electron chi connectivity index (χ2n) is 8.73. The lowest BCUT2D eigenvalue weighted by Crippen LogP contribution is -2.49. The number of anilines is 1. The molecule has 6 N–H and O–H groups in total. The molecule has 0 spiro atoms. The van der Waals surface area contributed by atoms with Crippen LogP contribution in [0.15, 0.2) is 48.7 Å². The third-order valence-corrected chi connectivity index (χ3v) is 5.42. The van der Waals surface area contributed by atoms with E-state index in [1.54, 1.807) is 31.4 Å². The molecule has 0 aliphatic heterocycles. The molecule has 9 nitrogen and oxygen atoms in total. The summed E-state index contributed by atoms with van der Waals surface area (Å²) in [6.45, 7) is 7.36. The first-order valence-electron chi connectivity index (χ1n) is 11.6. The number of hydrazine groups is 2. The summed E-state index contributed by atoms with van der Waals surface area (Å²) in [5, 5.41) is 13.4. The fourth-order valence-corrected chi connectivity index (χ4v) is 3.45. The van der Waals surface area contributed by atoms with Gasteiger partial charge in [0.1, 0.15) is 18.1 Å². The predicted octanol–water partition coefficient (Wildman–Crippen LogP) is 4.10.